The molecule has 0 saturated carbocycles. The molecule has 3 aromatic rings. The lowest BCUT2D eigenvalue weighted by Crippen LogP contribution is -2.50. The van der Waals surface area contributed by atoms with E-state index in [2.05, 4.69) is 32.7 Å². The number of carbonyl (C=O) groups excluding carboxylic acids is 2. The number of imidazole rings is 1. The van der Waals surface area contributed by atoms with Crippen LogP contribution in [0, 0.1) is 0 Å². The number of morpholine rings is 1. The Bertz CT molecular complexity index is 1420. The Morgan fingerprint density at radius 3 is 2.73 bits per heavy atom. The Morgan fingerprint density at radius 1 is 1.07 bits per heavy atom. The van der Waals surface area contributed by atoms with Crippen molar-refractivity contribution in [2.24, 2.45) is 5.73 Å². The van der Waals surface area contributed by atoms with Crippen LogP contribution >= 0.6 is 0 Å². The van der Waals surface area contributed by atoms with Gasteiger partial charge in [-0.3, -0.25) is 14.3 Å². The molecule has 3 amide bonds. The second-order valence-corrected chi connectivity index (χ2v) is 10.7. The highest BCUT2D eigenvalue weighted by atomic mass is 16.5. The Hall–Kier alpha value is -4.09. The largest absolute Gasteiger partial charge is 0.493 e. The zero-order chi connectivity index (χ0) is 28.3. The minimum absolute atomic E-state index is 0.121. The van der Waals surface area contributed by atoms with Gasteiger partial charge >= 0.3 is 6.03 Å². The normalized spacial score (nSPS) is 19.4. The topological polar surface area (TPSA) is 115 Å². The number of likely N-dealkylation sites (tertiary alicyclic amines) is 1. The average Bonchev–Trinajstić information content (AvgIpc) is 3.67. The van der Waals surface area contributed by atoms with E-state index in [1.165, 1.54) is 4.90 Å². The molecule has 0 aliphatic carbocycles. The molecule has 2 N–H and O–H groups in total. The number of amides is 3. The minimum Gasteiger partial charge on any atom is -0.493 e. The fourth-order valence-electron chi connectivity index (χ4n) is 5.99. The van der Waals surface area contributed by atoms with Crippen LogP contribution in [0.2, 0.25) is 0 Å². The van der Waals surface area contributed by atoms with Crippen LogP contribution in [0.4, 0.5) is 4.79 Å². The second-order valence-electron chi connectivity index (χ2n) is 10.7. The third-order valence-electron chi connectivity index (χ3n) is 8.01. The van der Waals surface area contributed by atoms with Gasteiger partial charge < -0.3 is 29.7 Å². The zero-order valence-electron chi connectivity index (χ0n) is 23.3. The molecule has 0 spiro atoms. The van der Waals surface area contributed by atoms with Gasteiger partial charge in [-0.1, -0.05) is 6.07 Å². The van der Waals surface area contributed by atoms with Crippen molar-refractivity contribution in [1.82, 2.24) is 24.3 Å². The number of aromatic nitrogens is 2. The lowest BCUT2D eigenvalue weighted by atomic mass is 10.1. The summed E-state index contributed by atoms with van der Waals surface area (Å²) in [5, 5.41) is 0. The Labute approximate surface area is 239 Å². The first-order valence-corrected chi connectivity index (χ1v) is 14.1. The van der Waals surface area contributed by atoms with Crippen molar-refractivity contribution < 1.29 is 23.8 Å². The van der Waals surface area contributed by atoms with Gasteiger partial charge in [0.05, 0.1) is 26.9 Å². The SMILES string of the molecule is COc1ccc2cc1OCCN(C(=O)[C@@H]1CCCN1C(N)=O)Cc1cc(CN3CCOCC3)cc(c1)-n1ccnc1-2. The average molecular weight is 561 g/mol. The monoisotopic (exact) mass is 560 g/mol. The molecule has 3 aliphatic rings. The maximum absolute atomic E-state index is 13.9. The van der Waals surface area contributed by atoms with E-state index in [4.69, 9.17) is 19.9 Å². The summed E-state index contributed by atoms with van der Waals surface area (Å²) in [6.45, 7) is 5.41. The van der Waals surface area contributed by atoms with Crippen molar-refractivity contribution in [2.75, 3.05) is 53.1 Å². The van der Waals surface area contributed by atoms with Crippen molar-refractivity contribution >= 4 is 11.9 Å². The molecule has 4 heterocycles. The molecule has 6 rings (SSSR count). The number of hydrogen-bond acceptors (Lipinski definition) is 7. The second kappa shape index (κ2) is 11.8. The minimum atomic E-state index is -0.572. The van der Waals surface area contributed by atoms with Crippen molar-refractivity contribution in [3.05, 3.63) is 59.9 Å². The number of nitrogens with two attached hydrogens (primary N) is 1. The van der Waals surface area contributed by atoms with E-state index in [1.807, 2.05) is 24.4 Å². The van der Waals surface area contributed by atoms with Gasteiger partial charge in [-0.05, 0) is 54.3 Å². The molecule has 2 saturated heterocycles. The molecule has 0 unspecified atom stereocenters. The Morgan fingerprint density at radius 2 is 1.93 bits per heavy atom. The van der Waals surface area contributed by atoms with Gasteiger partial charge in [0.1, 0.15) is 18.5 Å². The van der Waals surface area contributed by atoms with Gasteiger partial charge in [-0.2, -0.15) is 0 Å². The summed E-state index contributed by atoms with van der Waals surface area (Å²) in [6, 6.07) is 11.1. The van der Waals surface area contributed by atoms with Gasteiger partial charge in [0, 0.05) is 56.4 Å². The van der Waals surface area contributed by atoms with E-state index in [1.54, 1.807) is 18.2 Å². The summed E-state index contributed by atoms with van der Waals surface area (Å²) >= 11 is 0. The van der Waals surface area contributed by atoms with Crippen LogP contribution in [0.25, 0.3) is 17.1 Å². The van der Waals surface area contributed by atoms with Crippen LogP contribution in [0.3, 0.4) is 0 Å². The molecule has 41 heavy (non-hydrogen) atoms. The zero-order valence-corrected chi connectivity index (χ0v) is 23.3. The number of hydrogen-bond donors (Lipinski definition) is 1. The number of rotatable bonds is 4. The highest BCUT2D eigenvalue weighted by molar-refractivity contribution is 5.87. The standard InChI is InChI=1S/C30H36N6O5/c1-39-26-5-4-23-18-27(26)41-14-11-34(29(37)25-3-2-7-36(25)30(31)38)20-22-15-21(19-33-9-12-40-13-10-33)16-24(17-22)35-8-6-32-28(23)35/h4-6,8,15-18,25H,2-3,7,9-14,19-20H2,1H3,(H2,31,38)/t25-/m0/s1. The van der Waals surface area contributed by atoms with Gasteiger partial charge in [-0.15, -0.1) is 0 Å². The first-order chi connectivity index (χ1) is 20.0. The van der Waals surface area contributed by atoms with Crippen molar-refractivity contribution in [2.45, 2.75) is 32.0 Å². The van der Waals surface area contributed by atoms with Gasteiger partial charge in [0.15, 0.2) is 11.5 Å². The molecule has 0 radical (unpaired) electrons. The number of primary amides is 1. The van der Waals surface area contributed by atoms with Crippen LogP contribution in [0.1, 0.15) is 24.0 Å². The fourth-order valence-corrected chi connectivity index (χ4v) is 5.99. The molecule has 2 fully saturated rings. The smallest absolute Gasteiger partial charge is 0.315 e. The summed E-state index contributed by atoms with van der Waals surface area (Å²) in [7, 11) is 1.60. The highest BCUT2D eigenvalue weighted by Gasteiger charge is 2.36. The quantitative estimate of drug-likeness (QED) is 0.522. The Kier molecular flexibility index (Phi) is 7.80. The number of benzene rings is 2. The number of nitrogens with zero attached hydrogens (tertiary/aromatic N) is 5. The maximum atomic E-state index is 13.9. The van der Waals surface area contributed by atoms with Crippen LogP contribution < -0.4 is 15.2 Å². The molecule has 1 atom stereocenters. The van der Waals surface area contributed by atoms with Crippen LogP contribution in [0.15, 0.2) is 48.8 Å². The van der Waals surface area contributed by atoms with Crippen molar-refractivity contribution in [3.63, 3.8) is 0 Å². The fraction of sp³-hybridized carbons (Fsp3) is 0.433. The summed E-state index contributed by atoms with van der Waals surface area (Å²) in [4.78, 5) is 36.3. The number of urea groups is 1. The first-order valence-electron chi connectivity index (χ1n) is 14.1. The molecule has 1 aromatic heterocycles. The van der Waals surface area contributed by atoms with Crippen LogP contribution in [-0.4, -0.2) is 95.3 Å². The predicted octanol–water partition coefficient (Wildman–Crippen LogP) is 2.64. The molecule has 11 heteroatoms. The summed E-state index contributed by atoms with van der Waals surface area (Å²) in [5.74, 6) is 1.83. The molecule has 2 aromatic carbocycles. The molecular weight excluding hydrogens is 524 g/mol. The Balaban J connectivity index is 1.42. The summed E-state index contributed by atoms with van der Waals surface area (Å²) in [5.41, 5.74) is 9.62. The van der Waals surface area contributed by atoms with E-state index >= 15 is 0 Å². The van der Waals surface area contributed by atoms with Crippen molar-refractivity contribution in [1.29, 1.82) is 0 Å². The molecular formula is C30H36N6O5. The third kappa shape index (κ3) is 5.73. The third-order valence-corrected chi connectivity index (χ3v) is 8.01. The number of fused-ring (bicyclic) bond motifs is 7. The lowest BCUT2D eigenvalue weighted by molar-refractivity contribution is -0.136. The molecule has 216 valence electrons. The van der Waals surface area contributed by atoms with E-state index in [9.17, 15) is 9.59 Å². The number of carbonyl (C=O) groups is 2. The van der Waals surface area contributed by atoms with Crippen molar-refractivity contribution in [3.8, 4) is 28.6 Å². The maximum Gasteiger partial charge on any atom is 0.315 e. The molecule has 3 aliphatic heterocycles. The van der Waals surface area contributed by atoms with E-state index in [0.29, 0.717) is 37.6 Å². The number of methoxy groups -OCH3 is 1. The molecule has 11 nitrogen and oxygen atoms in total. The predicted molar refractivity (Wildman–Crippen MR) is 152 cm³/mol. The van der Waals surface area contributed by atoms with Crippen LogP contribution in [0.5, 0.6) is 11.5 Å². The lowest BCUT2D eigenvalue weighted by Gasteiger charge is -2.30. The van der Waals surface area contributed by atoms with E-state index < -0.39 is 12.1 Å². The van der Waals surface area contributed by atoms with Gasteiger partial charge in [0.2, 0.25) is 5.91 Å². The van der Waals surface area contributed by atoms with E-state index in [0.717, 1.165) is 67.5 Å². The van der Waals surface area contributed by atoms with Gasteiger partial charge in [-0.25, -0.2) is 9.78 Å². The van der Waals surface area contributed by atoms with E-state index in [-0.39, 0.29) is 12.5 Å². The highest BCUT2D eigenvalue weighted by Crippen LogP contribution is 2.34. The van der Waals surface area contributed by atoms with Crippen LogP contribution in [-0.2, 0) is 22.6 Å². The first kappa shape index (κ1) is 27.1. The number of ether oxygens (including phenoxy) is 3. The summed E-state index contributed by atoms with van der Waals surface area (Å²) < 4.78 is 19.4. The van der Waals surface area contributed by atoms with Gasteiger partial charge in [0.25, 0.3) is 0 Å². The summed E-state index contributed by atoms with van der Waals surface area (Å²) in [6.07, 6.45) is 5.07. The molecule has 4 bridgehead atoms.